The number of nitro benzene ring substituents is 1. The molecular weight excluding hydrogens is 288 g/mol. The van der Waals surface area contributed by atoms with Gasteiger partial charge in [0, 0.05) is 18.2 Å². The number of nitro groups is 1. The molecule has 0 unspecified atom stereocenters. The van der Waals surface area contributed by atoms with Gasteiger partial charge in [0.2, 0.25) is 0 Å². The normalized spacial score (nSPS) is 10.2. The highest BCUT2D eigenvalue weighted by Gasteiger charge is 2.17. The van der Waals surface area contributed by atoms with Crippen molar-refractivity contribution in [3.63, 3.8) is 0 Å². The number of non-ortho nitro benzene ring substituents is 1. The third-order valence-electron chi connectivity index (χ3n) is 2.17. The molecule has 20 heavy (non-hydrogen) atoms. The summed E-state index contributed by atoms with van der Waals surface area (Å²) in [4.78, 5) is 32.9. The molecule has 0 saturated carbocycles. The molecule has 0 aliphatic heterocycles. The van der Waals surface area contributed by atoms with E-state index < -0.39 is 23.4 Å². The largest absolute Gasteiger partial charge is 0.452 e. The van der Waals surface area contributed by atoms with Crippen LogP contribution in [0.15, 0.2) is 18.2 Å². The summed E-state index contributed by atoms with van der Waals surface area (Å²) in [5, 5.41) is 13.0. The first-order chi connectivity index (χ1) is 9.31. The van der Waals surface area contributed by atoms with Crippen molar-refractivity contribution in [3.8, 4) is 0 Å². The van der Waals surface area contributed by atoms with Crippen molar-refractivity contribution in [1.29, 1.82) is 0 Å². The summed E-state index contributed by atoms with van der Waals surface area (Å²) in [5.41, 5.74) is -0.265. The van der Waals surface area contributed by atoms with Crippen LogP contribution in [0.25, 0.3) is 0 Å². The van der Waals surface area contributed by atoms with Crippen molar-refractivity contribution in [2.45, 2.75) is 19.9 Å². The zero-order valence-electron chi connectivity index (χ0n) is 10.9. The molecule has 1 N–H and O–H groups in total. The van der Waals surface area contributed by atoms with E-state index >= 15 is 0 Å². The van der Waals surface area contributed by atoms with Crippen LogP contribution in [-0.4, -0.2) is 29.4 Å². The summed E-state index contributed by atoms with van der Waals surface area (Å²) < 4.78 is 4.77. The smallest absolute Gasteiger partial charge is 0.340 e. The summed E-state index contributed by atoms with van der Waals surface area (Å²) in [6.45, 7) is 3.10. The number of amides is 1. The minimum atomic E-state index is -0.816. The second-order valence-corrected chi connectivity index (χ2v) is 4.63. The number of hydrogen-bond acceptors (Lipinski definition) is 5. The maximum Gasteiger partial charge on any atom is 0.340 e. The molecule has 108 valence electrons. The monoisotopic (exact) mass is 300 g/mol. The Kier molecular flexibility index (Phi) is 5.45. The van der Waals surface area contributed by atoms with Crippen LogP contribution in [0.1, 0.15) is 24.2 Å². The van der Waals surface area contributed by atoms with E-state index in [1.54, 1.807) is 13.8 Å². The van der Waals surface area contributed by atoms with Crippen LogP contribution in [0.2, 0.25) is 5.02 Å². The van der Waals surface area contributed by atoms with E-state index in [0.717, 1.165) is 12.1 Å². The van der Waals surface area contributed by atoms with E-state index in [4.69, 9.17) is 16.3 Å². The average Bonchev–Trinajstić information content (AvgIpc) is 2.34. The topological polar surface area (TPSA) is 98.5 Å². The highest BCUT2D eigenvalue weighted by atomic mass is 35.5. The van der Waals surface area contributed by atoms with E-state index in [2.05, 4.69) is 5.32 Å². The molecule has 0 atom stereocenters. The van der Waals surface area contributed by atoms with Crippen LogP contribution in [0.4, 0.5) is 5.69 Å². The van der Waals surface area contributed by atoms with Crippen molar-refractivity contribution in [2.75, 3.05) is 6.61 Å². The van der Waals surface area contributed by atoms with Gasteiger partial charge in [-0.05, 0) is 19.9 Å². The Labute approximate surface area is 120 Å². The standard InChI is InChI=1S/C12H13ClN2O5/c1-7(2)14-11(16)6-20-12(17)9-4-3-8(15(18)19)5-10(9)13/h3-5,7H,6H2,1-2H3,(H,14,16). The van der Waals surface area contributed by atoms with Gasteiger partial charge >= 0.3 is 5.97 Å². The number of carbonyl (C=O) groups is 2. The SMILES string of the molecule is CC(C)NC(=O)COC(=O)c1ccc([N+](=O)[O-])cc1Cl. The van der Waals surface area contributed by atoms with Crippen molar-refractivity contribution >= 4 is 29.2 Å². The molecule has 7 nitrogen and oxygen atoms in total. The van der Waals surface area contributed by atoms with Crippen molar-refractivity contribution < 1.29 is 19.2 Å². The minimum absolute atomic E-state index is 0.0328. The molecule has 0 aliphatic carbocycles. The summed E-state index contributed by atoms with van der Waals surface area (Å²) >= 11 is 5.76. The molecule has 0 fully saturated rings. The Hall–Kier alpha value is -2.15. The molecule has 0 bridgehead atoms. The molecular formula is C12H13ClN2O5. The first kappa shape index (κ1) is 15.9. The quantitative estimate of drug-likeness (QED) is 0.509. The van der Waals surface area contributed by atoms with Gasteiger partial charge in [0.25, 0.3) is 11.6 Å². The van der Waals surface area contributed by atoms with E-state index in [-0.39, 0.29) is 22.3 Å². The fourth-order valence-corrected chi connectivity index (χ4v) is 1.61. The highest BCUT2D eigenvalue weighted by molar-refractivity contribution is 6.33. The lowest BCUT2D eigenvalue weighted by atomic mass is 10.2. The lowest BCUT2D eigenvalue weighted by molar-refractivity contribution is -0.384. The van der Waals surface area contributed by atoms with E-state index in [9.17, 15) is 19.7 Å². The molecule has 1 aromatic carbocycles. The molecule has 1 rings (SSSR count). The number of esters is 1. The van der Waals surface area contributed by atoms with E-state index in [0.29, 0.717) is 0 Å². The van der Waals surface area contributed by atoms with Gasteiger partial charge in [-0.1, -0.05) is 11.6 Å². The predicted molar refractivity (Wildman–Crippen MR) is 71.7 cm³/mol. The number of rotatable bonds is 5. The minimum Gasteiger partial charge on any atom is -0.452 e. The number of ether oxygens (including phenoxy) is 1. The van der Waals surface area contributed by atoms with Crippen LogP contribution in [0.3, 0.4) is 0 Å². The molecule has 8 heteroatoms. The Balaban J connectivity index is 2.69. The second kappa shape index (κ2) is 6.85. The third-order valence-corrected chi connectivity index (χ3v) is 2.48. The van der Waals surface area contributed by atoms with Crippen LogP contribution in [0, 0.1) is 10.1 Å². The number of nitrogens with zero attached hydrogens (tertiary/aromatic N) is 1. The van der Waals surface area contributed by atoms with Gasteiger partial charge in [0.05, 0.1) is 15.5 Å². The van der Waals surface area contributed by atoms with Crippen LogP contribution >= 0.6 is 11.6 Å². The Morgan fingerprint density at radius 1 is 1.45 bits per heavy atom. The van der Waals surface area contributed by atoms with Gasteiger partial charge < -0.3 is 10.1 Å². The maximum absolute atomic E-state index is 11.7. The Morgan fingerprint density at radius 2 is 2.10 bits per heavy atom. The lowest BCUT2D eigenvalue weighted by Crippen LogP contribution is -2.34. The molecule has 0 saturated heterocycles. The first-order valence-corrected chi connectivity index (χ1v) is 6.09. The molecule has 0 aromatic heterocycles. The third kappa shape index (κ3) is 4.51. The number of carbonyl (C=O) groups excluding carboxylic acids is 2. The Bertz CT molecular complexity index is 545. The molecule has 0 aliphatic rings. The predicted octanol–water partition coefficient (Wildman–Crippen LogP) is 1.93. The summed E-state index contributed by atoms with van der Waals surface area (Å²) in [6.07, 6.45) is 0. The van der Waals surface area contributed by atoms with Crippen molar-refractivity contribution in [1.82, 2.24) is 5.32 Å². The molecule has 0 radical (unpaired) electrons. The van der Waals surface area contributed by atoms with Gasteiger partial charge in [0.15, 0.2) is 6.61 Å². The molecule has 0 heterocycles. The molecule has 1 amide bonds. The number of halogens is 1. The lowest BCUT2D eigenvalue weighted by Gasteiger charge is -2.09. The molecule has 1 aromatic rings. The number of hydrogen-bond donors (Lipinski definition) is 1. The Morgan fingerprint density at radius 3 is 2.60 bits per heavy atom. The van der Waals surface area contributed by atoms with Gasteiger partial charge in [0.1, 0.15) is 0 Å². The van der Waals surface area contributed by atoms with Gasteiger partial charge in [-0.15, -0.1) is 0 Å². The van der Waals surface area contributed by atoms with Crippen LogP contribution in [0.5, 0.6) is 0 Å². The highest BCUT2D eigenvalue weighted by Crippen LogP contribution is 2.22. The van der Waals surface area contributed by atoms with E-state index in [1.165, 1.54) is 6.07 Å². The molecule has 0 spiro atoms. The fourth-order valence-electron chi connectivity index (χ4n) is 1.36. The summed E-state index contributed by atoms with van der Waals surface area (Å²) in [5.74, 6) is -1.25. The summed E-state index contributed by atoms with van der Waals surface area (Å²) in [6, 6.07) is 3.30. The fraction of sp³-hybridized carbons (Fsp3) is 0.333. The second-order valence-electron chi connectivity index (χ2n) is 4.22. The van der Waals surface area contributed by atoms with Gasteiger partial charge in [-0.3, -0.25) is 14.9 Å². The van der Waals surface area contributed by atoms with Gasteiger partial charge in [-0.25, -0.2) is 4.79 Å². The zero-order valence-corrected chi connectivity index (χ0v) is 11.6. The van der Waals surface area contributed by atoms with Gasteiger partial charge in [-0.2, -0.15) is 0 Å². The average molecular weight is 301 g/mol. The first-order valence-electron chi connectivity index (χ1n) is 5.71. The van der Waals surface area contributed by atoms with Crippen LogP contribution in [-0.2, 0) is 9.53 Å². The van der Waals surface area contributed by atoms with Crippen molar-refractivity contribution in [2.24, 2.45) is 0 Å². The zero-order chi connectivity index (χ0) is 15.3. The summed E-state index contributed by atoms with van der Waals surface area (Å²) in [7, 11) is 0. The van der Waals surface area contributed by atoms with E-state index in [1.807, 2.05) is 0 Å². The van der Waals surface area contributed by atoms with Crippen molar-refractivity contribution in [3.05, 3.63) is 38.9 Å². The van der Waals surface area contributed by atoms with Crippen LogP contribution < -0.4 is 5.32 Å². The number of benzene rings is 1. The maximum atomic E-state index is 11.7. The number of nitrogens with one attached hydrogen (secondary N) is 1.